The molecule has 1 aliphatic heterocycles. The molecule has 1 saturated heterocycles. The molecule has 1 N–H and O–H groups in total. The first-order valence-electron chi connectivity index (χ1n) is 9.20. The van der Waals surface area contributed by atoms with Crippen LogP contribution in [0.5, 0.6) is 0 Å². The van der Waals surface area contributed by atoms with Crippen molar-refractivity contribution in [3.63, 3.8) is 0 Å². The number of pyridine rings is 1. The molecule has 1 fully saturated rings. The highest BCUT2D eigenvalue weighted by molar-refractivity contribution is 5.81. The van der Waals surface area contributed by atoms with Gasteiger partial charge in [-0.25, -0.2) is 0 Å². The summed E-state index contributed by atoms with van der Waals surface area (Å²) >= 11 is 0. The van der Waals surface area contributed by atoms with Gasteiger partial charge in [-0.3, -0.25) is 14.8 Å². The lowest BCUT2D eigenvalue weighted by Crippen LogP contribution is -2.53. The van der Waals surface area contributed by atoms with E-state index in [-0.39, 0.29) is 6.61 Å². The van der Waals surface area contributed by atoms with Crippen LogP contribution in [0.1, 0.15) is 25.8 Å². The van der Waals surface area contributed by atoms with Crippen LogP contribution in [0.25, 0.3) is 10.9 Å². The van der Waals surface area contributed by atoms with Crippen LogP contribution in [0.3, 0.4) is 0 Å². The number of fused-ring (bicyclic) bond motifs is 1. The Morgan fingerprint density at radius 3 is 2.88 bits per heavy atom. The molecule has 0 saturated carbocycles. The number of nitrogens with zero attached hydrogens (tertiary/aromatic N) is 3. The number of hydrogen-bond donors (Lipinski definition) is 1. The minimum atomic E-state index is 0.250. The van der Waals surface area contributed by atoms with Crippen molar-refractivity contribution in [3.05, 3.63) is 53.7 Å². The van der Waals surface area contributed by atoms with E-state index < -0.39 is 0 Å². The quantitative estimate of drug-likeness (QED) is 0.821. The zero-order valence-corrected chi connectivity index (χ0v) is 15.4. The summed E-state index contributed by atoms with van der Waals surface area (Å²) in [5.74, 6) is 0. The molecule has 25 heavy (non-hydrogen) atoms. The van der Waals surface area contributed by atoms with Crippen molar-refractivity contribution in [1.29, 1.82) is 0 Å². The number of rotatable bonds is 6. The summed E-state index contributed by atoms with van der Waals surface area (Å²) in [6, 6.07) is 11.0. The highest BCUT2D eigenvalue weighted by atomic mass is 16.3. The standard InChI is InChI=1S/C21H29N3O/c1-17(2)8-11-24-13-12-23(16-20(24)9-14-25)15-19-6-3-5-18-7-4-10-22-21(18)19/h3-8,10,20,25H,9,11-16H2,1-2H3/t20-/m0/s1. The fraction of sp³-hybridized carbons (Fsp3) is 0.476. The van der Waals surface area contributed by atoms with Crippen LogP contribution in [0.15, 0.2) is 48.2 Å². The molecule has 1 aromatic carbocycles. The molecule has 4 heteroatoms. The van der Waals surface area contributed by atoms with Crippen LogP contribution < -0.4 is 0 Å². The monoisotopic (exact) mass is 339 g/mol. The summed E-state index contributed by atoms with van der Waals surface area (Å²) in [6.45, 7) is 9.55. The molecule has 0 amide bonds. The second-order valence-electron chi connectivity index (χ2n) is 7.17. The van der Waals surface area contributed by atoms with Gasteiger partial charge >= 0.3 is 0 Å². The van der Waals surface area contributed by atoms with E-state index in [0.717, 1.165) is 44.7 Å². The highest BCUT2D eigenvalue weighted by Crippen LogP contribution is 2.20. The highest BCUT2D eigenvalue weighted by Gasteiger charge is 2.26. The van der Waals surface area contributed by atoms with Crippen molar-refractivity contribution in [3.8, 4) is 0 Å². The van der Waals surface area contributed by atoms with Gasteiger partial charge < -0.3 is 5.11 Å². The van der Waals surface area contributed by atoms with Crippen LogP contribution in [0, 0.1) is 0 Å². The van der Waals surface area contributed by atoms with E-state index in [0.29, 0.717) is 6.04 Å². The second kappa shape index (κ2) is 8.56. The Morgan fingerprint density at radius 1 is 1.24 bits per heavy atom. The zero-order valence-electron chi connectivity index (χ0n) is 15.4. The molecule has 3 rings (SSSR count). The van der Waals surface area contributed by atoms with Crippen LogP contribution in [-0.2, 0) is 6.54 Å². The third-order valence-electron chi connectivity index (χ3n) is 5.00. The van der Waals surface area contributed by atoms with E-state index in [1.165, 1.54) is 16.5 Å². The molecule has 1 aromatic heterocycles. The first kappa shape index (κ1) is 18.1. The van der Waals surface area contributed by atoms with Gasteiger partial charge in [0, 0.05) is 57.0 Å². The van der Waals surface area contributed by atoms with Gasteiger partial charge in [-0.1, -0.05) is 35.9 Å². The zero-order chi connectivity index (χ0) is 17.6. The lowest BCUT2D eigenvalue weighted by Gasteiger charge is -2.41. The van der Waals surface area contributed by atoms with Crippen LogP contribution in [0.4, 0.5) is 0 Å². The molecule has 1 atom stereocenters. The van der Waals surface area contributed by atoms with Crippen molar-refractivity contribution in [1.82, 2.24) is 14.8 Å². The number of benzene rings is 1. The topological polar surface area (TPSA) is 39.6 Å². The Morgan fingerprint density at radius 2 is 2.08 bits per heavy atom. The lowest BCUT2D eigenvalue weighted by atomic mass is 10.1. The average molecular weight is 339 g/mol. The van der Waals surface area contributed by atoms with Gasteiger partial charge in [0.25, 0.3) is 0 Å². The van der Waals surface area contributed by atoms with Crippen LogP contribution in [-0.4, -0.2) is 58.7 Å². The van der Waals surface area contributed by atoms with E-state index in [1.54, 1.807) is 0 Å². The van der Waals surface area contributed by atoms with Gasteiger partial charge in [0.2, 0.25) is 0 Å². The van der Waals surface area contributed by atoms with E-state index in [2.05, 4.69) is 59.0 Å². The molecular weight excluding hydrogens is 310 g/mol. The number of aliphatic hydroxyl groups is 1. The Labute approximate surface area is 150 Å². The maximum atomic E-state index is 9.46. The molecule has 0 unspecified atom stereocenters. The van der Waals surface area contributed by atoms with Crippen molar-refractivity contribution in [2.75, 3.05) is 32.8 Å². The summed E-state index contributed by atoms with van der Waals surface area (Å²) < 4.78 is 0. The van der Waals surface area contributed by atoms with E-state index >= 15 is 0 Å². The number of aliphatic hydroxyl groups excluding tert-OH is 1. The number of hydrogen-bond acceptors (Lipinski definition) is 4. The molecule has 1 aliphatic rings. The molecule has 2 heterocycles. The largest absolute Gasteiger partial charge is 0.396 e. The maximum absolute atomic E-state index is 9.46. The van der Waals surface area contributed by atoms with Gasteiger partial charge in [0.05, 0.1) is 5.52 Å². The summed E-state index contributed by atoms with van der Waals surface area (Å²) in [6.07, 6.45) is 4.99. The Hall–Kier alpha value is -1.75. The third kappa shape index (κ3) is 4.66. The minimum absolute atomic E-state index is 0.250. The normalized spacial score (nSPS) is 19.2. The number of aromatic nitrogens is 1. The molecule has 0 aliphatic carbocycles. The molecule has 0 radical (unpaired) electrons. The minimum Gasteiger partial charge on any atom is -0.396 e. The Kier molecular flexibility index (Phi) is 6.19. The summed E-state index contributed by atoms with van der Waals surface area (Å²) in [7, 11) is 0. The lowest BCUT2D eigenvalue weighted by molar-refractivity contribution is 0.0638. The van der Waals surface area contributed by atoms with Crippen molar-refractivity contribution < 1.29 is 5.11 Å². The van der Waals surface area contributed by atoms with Crippen LogP contribution in [0.2, 0.25) is 0 Å². The fourth-order valence-electron chi connectivity index (χ4n) is 3.60. The van der Waals surface area contributed by atoms with Crippen molar-refractivity contribution in [2.45, 2.75) is 32.9 Å². The molecule has 4 nitrogen and oxygen atoms in total. The summed E-state index contributed by atoms with van der Waals surface area (Å²) in [5.41, 5.74) is 3.75. The van der Waals surface area contributed by atoms with Crippen molar-refractivity contribution >= 4 is 10.9 Å². The molecule has 0 bridgehead atoms. The maximum Gasteiger partial charge on any atom is 0.0746 e. The first-order valence-corrected chi connectivity index (χ1v) is 9.20. The second-order valence-corrected chi connectivity index (χ2v) is 7.17. The predicted octanol–water partition coefficient (Wildman–Crippen LogP) is 3.07. The first-order chi connectivity index (χ1) is 12.2. The van der Waals surface area contributed by atoms with E-state index in [1.807, 2.05) is 12.3 Å². The molecular formula is C21H29N3O. The average Bonchev–Trinajstić information content (AvgIpc) is 2.61. The number of piperazine rings is 1. The number of para-hydroxylation sites is 1. The number of allylic oxidation sites excluding steroid dienone is 1. The van der Waals surface area contributed by atoms with Gasteiger partial charge in [0.1, 0.15) is 0 Å². The van der Waals surface area contributed by atoms with Crippen LogP contribution >= 0.6 is 0 Å². The Balaban J connectivity index is 1.70. The van der Waals surface area contributed by atoms with Gasteiger partial charge in [-0.05, 0) is 31.9 Å². The van der Waals surface area contributed by atoms with Crippen molar-refractivity contribution in [2.24, 2.45) is 0 Å². The van der Waals surface area contributed by atoms with Gasteiger partial charge in [-0.2, -0.15) is 0 Å². The fourth-order valence-corrected chi connectivity index (χ4v) is 3.60. The van der Waals surface area contributed by atoms with E-state index in [9.17, 15) is 5.11 Å². The molecule has 2 aromatic rings. The molecule has 0 spiro atoms. The van der Waals surface area contributed by atoms with E-state index in [4.69, 9.17) is 0 Å². The van der Waals surface area contributed by atoms with Gasteiger partial charge in [0.15, 0.2) is 0 Å². The Bertz CT molecular complexity index is 719. The smallest absolute Gasteiger partial charge is 0.0746 e. The van der Waals surface area contributed by atoms with Gasteiger partial charge in [-0.15, -0.1) is 0 Å². The SMILES string of the molecule is CC(C)=CCN1CCN(Cc2cccc3cccnc23)C[C@@H]1CCO. The summed E-state index contributed by atoms with van der Waals surface area (Å²) in [5, 5.41) is 10.7. The summed E-state index contributed by atoms with van der Waals surface area (Å²) in [4.78, 5) is 9.58. The molecule has 134 valence electrons. The predicted molar refractivity (Wildman–Crippen MR) is 104 cm³/mol. The third-order valence-corrected chi connectivity index (χ3v) is 5.00.